The van der Waals surface area contributed by atoms with Crippen LogP contribution in [0.4, 0.5) is 0 Å². The van der Waals surface area contributed by atoms with Gasteiger partial charge in [-0.25, -0.2) is 0 Å². The van der Waals surface area contributed by atoms with Crippen LogP contribution in [0, 0.1) is 11.3 Å². The second-order valence-electron chi connectivity index (χ2n) is 13.1. The number of hydrogen-bond acceptors (Lipinski definition) is 10. The number of carbonyl (C=O) groups is 2. The van der Waals surface area contributed by atoms with Crippen LogP contribution in [-0.2, 0) is 39.7 Å². The van der Waals surface area contributed by atoms with E-state index in [1.807, 2.05) is 0 Å². The van der Waals surface area contributed by atoms with Crippen LogP contribution in [0.5, 0.6) is 5.95 Å². The number of esters is 2. The molecule has 1 aromatic heterocycles. The smallest absolute Gasteiger partial charge is 0.314 e. The summed E-state index contributed by atoms with van der Waals surface area (Å²) in [4.78, 5) is 27.2. The highest BCUT2D eigenvalue weighted by molar-refractivity contribution is 5.72. The summed E-state index contributed by atoms with van der Waals surface area (Å²) in [5.74, 6) is -0.00742. The van der Waals surface area contributed by atoms with Crippen LogP contribution < -0.4 is 4.74 Å². The van der Waals surface area contributed by atoms with E-state index in [2.05, 4.69) is 25.7 Å². The molecule has 10 heteroatoms. The van der Waals surface area contributed by atoms with Gasteiger partial charge in [-0.1, -0.05) is 20.8 Å². The standard InChI is InChI=1S/C29H37NO9/c1-15(2)27-22(38-27)23-29(39-23)26(4)7-5-17-18(19(26)13-20-28(29,37-20)25(27)35-16(3)31)14-34-24(17)36-21(32)6-8-30-9-11-33-12-10-30/h14-15,19-20,22-23,25H,5-13H2,1-4H3/t19-,20-,22-,23-,25+,26-,27-,28+,29+/m0/s1. The molecule has 0 aromatic carbocycles. The van der Waals surface area contributed by atoms with Crippen molar-refractivity contribution in [1.82, 2.24) is 4.90 Å². The topological polar surface area (TPSA) is 116 Å². The highest BCUT2D eigenvalue weighted by Gasteiger charge is 3.01. The Balaban J connectivity index is 1.06. The van der Waals surface area contributed by atoms with E-state index >= 15 is 0 Å². The molecule has 0 bridgehead atoms. The van der Waals surface area contributed by atoms with Crippen LogP contribution in [-0.4, -0.2) is 90.9 Å². The quantitative estimate of drug-likeness (QED) is 0.391. The van der Waals surface area contributed by atoms with Crippen LogP contribution in [0.3, 0.4) is 0 Å². The van der Waals surface area contributed by atoms with Crippen molar-refractivity contribution in [3.05, 3.63) is 17.4 Å². The molecule has 2 saturated carbocycles. The summed E-state index contributed by atoms with van der Waals surface area (Å²) in [5, 5.41) is 0. The van der Waals surface area contributed by atoms with Gasteiger partial charge in [-0.05, 0) is 31.1 Å². The lowest BCUT2D eigenvalue weighted by molar-refractivity contribution is -0.166. The molecular weight excluding hydrogens is 506 g/mol. The van der Waals surface area contributed by atoms with Crippen molar-refractivity contribution in [3.8, 4) is 5.95 Å². The molecule has 7 aliphatic rings. The fraction of sp³-hybridized carbons (Fsp3) is 0.793. The molecule has 4 aliphatic heterocycles. The van der Waals surface area contributed by atoms with Crippen molar-refractivity contribution in [1.29, 1.82) is 0 Å². The number of ether oxygens (including phenoxy) is 6. The minimum Gasteiger partial charge on any atom is -0.456 e. The Morgan fingerprint density at radius 3 is 2.69 bits per heavy atom. The van der Waals surface area contributed by atoms with Gasteiger partial charge < -0.3 is 32.8 Å². The Hall–Kier alpha value is -1.98. The molecule has 2 spiro atoms. The average molecular weight is 544 g/mol. The summed E-state index contributed by atoms with van der Waals surface area (Å²) in [6.45, 7) is 11.7. The van der Waals surface area contributed by atoms with Gasteiger partial charge in [0, 0.05) is 43.1 Å². The van der Waals surface area contributed by atoms with Crippen LogP contribution >= 0.6 is 0 Å². The number of epoxide rings is 3. The first-order chi connectivity index (χ1) is 18.7. The Labute approximate surface area is 227 Å². The number of hydrogen-bond donors (Lipinski definition) is 0. The lowest BCUT2D eigenvalue weighted by atomic mass is 9.47. The van der Waals surface area contributed by atoms with Gasteiger partial charge in [-0.2, -0.15) is 0 Å². The molecule has 9 atom stereocenters. The van der Waals surface area contributed by atoms with Crippen molar-refractivity contribution in [3.63, 3.8) is 0 Å². The fourth-order valence-electron chi connectivity index (χ4n) is 9.16. The van der Waals surface area contributed by atoms with Crippen molar-refractivity contribution in [2.75, 3.05) is 32.8 Å². The molecule has 0 amide bonds. The van der Waals surface area contributed by atoms with Gasteiger partial charge in [0.05, 0.1) is 32.0 Å². The molecule has 39 heavy (non-hydrogen) atoms. The van der Waals surface area contributed by atoms with Crippen molar-refractivity contribution in [2.24, 2.45) is 11.3 Å². The molecule has 0 radical (unpaired) electrons. The minimum atomic E-state index is -0.693. The van der Waals surface area contributed by atoms with Crippen molar-refractivity contribution in [2.45, 2.75) is 101 Å². The summed E-state index contributed by atoms with van der Waals surface area (Å²) in [7, 11) is 0. The molecule has 5 heterocycles. The lowest BCUT2D eigenvalue weighted by Gasteiger charge is -2.53. The maximum Gasteiger partial charge on any atom is 0.314 e. The number of carbonyl (C=O) groups excluding carboxylic acids is 2. The fourth-order valence-corrected chi connectivity index (χ4v) is 9.16. The summed E-state index contributed by atoms with van der Waals surface area (Å²) >= 11 is 0. The lowest BCUT2D eigenvalue weighted by Crippen LogP contribution is -2.69. The third kappa shape index (κ3) is 2.94. The van der Waals surface area contributed by atoms with E-state index in [1.54, 1.807) is 6.26 Å². The van der Waals surface area contributed by atoms with E-state index in [-0.39, 0.29) is 47.5 Å². The van der Waals surface area contributed by atoms with E-state index in [1.165, 1.54) is 6.92 Å². The Morgan fingerprint density at radius 1 is 1.15 bits per heavy atom. The second-order valence-corrected chi connectivity index (χ2v) is 13.1. The zero-order valence-electron chi connectivity index (χ0n) is 23.0. The number of nitrogens with zero attached hydrogens (tertiary/aromatic N) is 1. The van der Waals surface area contributed by atoms with Crippen LogP contribution in [0.25, 0.3) is 0 Å². The predicted molar refractivity (Wildman–Crippen MR) is 133 cm³/mol. The van der Waals surface area contributed by atoms with E-state index in [0.29, 0.717) is 38.5 Å². The van der Waals surface area contributed by atoms with Crippen molar-refractivity contribution >= 4 is 11.9 Å². The number of furan rings is 1. The third-order valence-electron chi connectivity index (χ3n) is 11.1. The monoisotopic (exact) mass is 543 g/mol. The van der Waals surface area contributed by atoms with Crippen LogP contribution in [0.1, 0.15) is 64.0 Å². The Bertz CT molecular complexity index is 1240. The van der Waals surface area contributed by atoms with E-state index < -0.39 is 22.9 Å². The highest BCUT2D eigenvalue weighted by Crippen LogP contribution is 2.83. The molecule has 0 unspecified atom stereocenters. The summed E-state index contributed by atoms with van der Waals surface area (Å²) in [5.41, 5.74) is -0.0580. The first kappa shape index (κ1) is 24.8. The molecule has 0 N–H and O–H groups in total. The van der Waals surface area contributed by atoms with Gasteiger partial charge in [0.2, 0.25) is 0 Å². The molecule has 4 saturated heterocycles. The van der Waals surface area contributed by atoms with Gasteiger partial charge in [0.15, 0.2) is 11.7 Å². The maximum absolute atomic E-state index is 12.7. The molecule has 10 nitrogen and oxygen atoms in total. The zero-order valence-corrected chi connectivity index (χ0v) is 23.0. The van der Waals surface area contributed by atoms with E-state index in [0.717, 1.165) is 37.1 Å². The second kappa shape index (κ2) is 7.85. The summed E-state index contributed by atoms with van der Waals surface area (Å²) < 4.78 is 42.9. The van der Waals surface area contributed by atoms with Gasteiger partial charge in [0.25, 0.3) is 5.95 Å². The molecule has 3 aliphatic carbocycles. The SMILES string of the molecule is CC(=O)O[C@@H]1[C@@]2(C(C)C)O[C@H]2[C@@H]2O[C@]23[C@]12O[C@H]2C[C@H]1c2coc(OC(=O)CCN4CCOCC4)c2CC[C@@]13C. The summed E-state index contributed by atoms with van der Waals surface area (Å²) in [6, 6.07) is 0. The first-order valence-electron chi connectivity index (χ1n) is 14.5. The zero-order chi connectivity index (χ0) is 26.9. The normalized spacial score (nSPS) is 46.5. The Morgan fingerprint density at radius 2 is 1.95 bits per heavy atom. The first-order valence-corrected chi connectivity index (χ1v) is 14.5. The third-order valence-corrected chi connectivity index (χ3v) is 11.1. The molecule has 1 aromatic rings. The number of morpholine rings is 1. The largest absolute Gasteiger partial charge is 0.456 e. The molecule has 6 fully saturated rings. The average Bonchev–Trinajstić information content (AvgIpc) is 3.82. The van der Waals surface area contributed by atoms with Crippen LogP contribution in [0.2, 0.25) is 0 Å². The van der Waals surface area contributed by atoms with Gasteiger partial charge >= 0.3 is 11.9 Å². The highest BCUT2D eigenvalue weighted by atomic mass is 16.8. The van der Waals surface area contributed by atoms with E-state index in [4.69, 9.17) is 32.8 Å². The van der Waals surface area contributed by atoms with Crippen LogP contribution in [0.15, 0.2) is 10.7 Å². The molecular formula is C29H37NO9. The van der Waals surface area contributed by atoms with Gasteiger partial charge in [-0.3, -0.25) is 14.5 Å². The van der Waals surface area contributed by atoms with Crippen molar-refractivity contribution < 1.29 is 42.4 Å². The van der Waals surface area contributed by atoms with Gasteiger partial charge in [-0.15, -0.1) is 0 Å². The van der Waals surface area contributed by atoms with Gasteiger partial charge in [0.1, 0.15) is 23.4 Å². The number of rotatable bonds is 6. The molecule has 8 rings (SSSR count). The predicted octanol–water partition coefficient (Wildman–Crippen LogP) is 2.36. The molecule has 212 valence electrons. The minimum absolute atomic E-state index is 0.0876. The number of fused-ring (bicyclic) bond motifs is 5. The summed E-state index contributed by atoms with van der Waals surface area (Å²) in [6.07, 6.45) is 3.58. The maximum atomic E-state index is 12.7. The Kier molecular flexibility index (Phi) is 4.99. The van der Waals surface area contributed by atoms with E-state index in [9.17, 15) is 9.59 Å².